The van der Waals surface area contributed by atoms with E-state index in [1.807, 2.05) is 128 Å². The molecule has 1 fully saturated rings. The molecule has 5 atom stereocenters. The lowest BCUT2D eigenvalue weighted by Gasteiger charge is -2.49. The SMILES string of the molecule is CS[C@@H]1C(=O)[C@H](OCc2ccccc2)[C@@H](OCc2ccccc2)[C@H](OCc2ccccc2)[C@]1(O)COCc1ccccc1. The van der Waals surface area contributed by atoms with Gasteiger partial charge in [-0.25, -0.2) is 0 Å². The lowest BCUT2D eigenvalue weighted by Crippen LogP contribution is -2.71. The summed E-state index contributed by atoms with van der Waals surface area (Å²) in [5.41, 5.74) is 2.10. The van der Waals surface area contributed by atoms with Crippen molar-refractivity contribution >= 4 is 17.5 Å². The van der Waals surface area contributed by atoms with Crippen LogP contribution in [0.3, 0.4) is 0 Å². The molecule has 0 spiro atoms. The van der Waals surface area contributed by atoms with Crippen LogP contribution < -0.4 is 0 Å². The van der Waals surface area contributed by atoms with Gasteiger partial charge in [-0.3, -0.25) is 4.79 Å². The quantitative estimate of drug-likeness (QED) is 0.191. The molecule has 6 nitrogen and oxygen atoms in total. The summed E-state index contributed by atoms with van der Waals surface area (Å²) in [5.74, 6) is -0.244. The molecule has 5 rings (SSSR count). The van der Waals surface area contributed by atoms with Crippen molar-refractivity contribution in [2.24, 2.45) is 0 Å². The Balaban J connectivity index is 1.47. The fourth-order valence-electron chi connectivity index (χ4n) is 5.41. The van der Waals surface area contributed by atoms with Crippen LogP contribution >= 0.6 is 11.8 Å². The lowest BCUT2D eigenvalue weighted by atomic mass is 9.77. The van der Waals surface area contributed by atoms with Crippen molar-refractivity contribution < 1.29 is 28.8 Å². The molecule has 0 aliphatic heterocycles. The summed E-state index contributed by atoms with van der Waals surface area (Å²) in [5, 5.41) is 11.6. The Hall–Kier alpha value is -3.30. The van der Waals surface area contributed by atoms with Gasteiger partial charge < -0.3 is 24.1 Å². The van der Waals surface area contributed by atoms with Crippen LogP contribution in [-0.4, -0.2) is 52.9 Å². The van der Waals surface area contributed by atoms with E-state index in [0.717, 1.165) is 22.3 Å². The first-order chi connectivity index (χ1) is 21.1. The summed E-state index contributed by atoms with van der Waals surface area (Å²) < 4.78 is 25.5. The molecule has 224 valence electrons. The minimum absolute atomic E-state index is 0.116. The van der Waals surface area contributed by atoms with Gasteiger partial charge in [0.15, 0.2) is 5.78 Å². The van der Waals surface area contributed by atoms with Gasteiger partial charge in [-0.15, -0.1) is 0 Å². The van der Waals surface area contributed by atoms with Crippen molar-refractivity contribution in [3.05, 3.63) is 144 Å². The molecule has 0 radical (unpaired) electrons. The van der Waals surface area contributed by atoms with Crippen LogP contribution in [0.25, 0.3) is 0 Å². The Bertz CT molecular complexity index is 1390. The molecule has 0 saturated heterocycles. The number of aliphatic hydroxyl groups is 1. The molecular formula is C36H38O6S. The second kappa shape index (κ2) is 15.4. The van der Waals surface area contributed by atoms with Crippen LogP contribution in [0.1, 0.15) is 22.3 Å². The number of Topliss-reactive ketones (excluding diaryl/α,β-unsaturated/α-hetero) is 1. The first-order valence-electron chi connectivity index (χ1n) is 14.5. The molecule has 0 heterocycles. The maximum atomic E-state index is 14.2. The average molecular weight is 599 g/mol. The summed E-state index contributed by atoms with van der Waals surface area (Å²) in [6.07, 6.45) is -0.966. The van der Waals surface area contributed by atoms with Crippen LogP contribution in [0.2, 0.25) is 0 Å². The highest BCUT2D eigenvalue weighted by Crippen LogP contribution is 2.40. The molecule has 1 N–H and O–H groups in total. The topological polar surface area (TPSA) is 74.2 Å². The van der Waals surface area contributed by atoms with Gasteiger partial charge in [-0.1, -0.05) is 121 Å². The van der Waals surface area contributed by atoms with Crippen molar-refractivity contribution in [3.63, 3.8) is 0 Å². The molecule has 4 aromatic rings. The Labute approximate surface area is 258 Å². The number of rotatable bonds is 14. The third-order valence-corrected chi connectivity index (χ3v) is 8.70. The first kappa shape index (κ1) is 31.1. The van der Waals surface area contributed by atoms with Gasteiger partial charge in [0, 0.05) is 0 Å². The van der Waals surface area contributed by atoms with E-state index in [9.17, 15) is 9.90 Å². The predicted octanol–water partition coefficient (Wildman–Crippen LogP) is 6.00. The van der Waals surface area contributed by atoms with Gasteiger partial charge in [0.1, 0.15) is 23.9 Å². The monoisotopic (exact) mass is 598 g/mol. The number of carbonyl (C=O) groups is 1. The molecule has 1 aliphatic rings. The molecule has 0 aromatic heterocycles. The van der Waals surface area contributed by atoms with Gasteiger partial charge in [-0.05, 0) is 28.5 Å². The second-order valence-electron chi connectivity index (χ2n) is 10.7. The Morgan fingerprint density at radius 1 is 0.628 bits per heavy atom. The number of thioether (sulfide) groups is 1. The van der Waals surface area contributed by atoms with Gasteiger partial charge in [-0.2, -0.15) is 11.8 Å². The standard InChI is InChI=1S/C36H38O6S/c1-43-35-31(37)32(40-23-28-16-8-3-9-17-28)33(41-24-29-18-10-4-11-19-29)34(42-25-30-20-12-5-13-21-30)36(35,38)26-39-22-27-14-6-2-7-15-27/h2-21,32-35,38H,22-26H2,1H3/t32-,33+,34-,35+,36+/m0/s1. The maximum absolute atomic E-state index is 14.2. The third kappa shape index (κ3) is 8.00. The highest BCUT2D eigenvalue weighted by molar-refractivity contribution is 8.00. The molecule has 1 aliphatic carbocycles. The minimum atomic E-state index is -1.69. The molecule has 7 heteroatoms. The van der Waals surface area contributed by atoms with E-state index in [-0.39, 0.29) is 38.8 Å². The number of benzene rings is 4. The summed E-state index contributed by atoms with van der Waals surface area (Å²) in [4.78, 5) is 14.2. The number of carbonyl (C=O) groups excluding carboxylic acids is 1. The van der Waals surface area contributed by atoms with Crippen LogP contribution in [-0.2, 0) is 50.2 Å². The van der Waals surface area contributed by atoms with Crippen LogP contribution in [0.15, 0.2) is 121 Å². The van der Waals surface area contributed by atoms with Crippen LogP contribution in [0, 0.1) is 0 Å². The molecule has 43 heavy (non-hydrogen) atoms. The van der Waals surface area contributed by atoms with E-state index in [0.29, 0.717) is 0 Å². The van der Waals surface area contributed by atoms with E-state index < -0.39 is 29.2 Å². The Morgan fingerprint density at radius 3 is 1.51 bits per heavy atom. The van der Waals surface area contributed by atoms with Gasteiger partial charge in [0.05, 0.1) is 38.3 Å². The summed E-state index contributed by atoms with van der Waals surface area (Å²) in [7, 11) is 0. The van der Waals surface area contributed by atoms with Crippen molar-refractivity contribution in [3.8, 4) is 0 Å². The highest BCUT2D eigenvalue weighted by Gasteiger charge is 2.60. The van der Waals surface area contributed by atoms with E-state index in [4.69, 9.17) is 18.9 Å². The van der Waals surface area contributed by atoms with Gasteiger partial charge in [0.25, 0.3) is 0 Å². The average Bonchev–Trinajstić information content (AvgIpc) is 3.05. The van der Waals surface area contributed by atoms with Crippen molar-refractivity contribution in [1.29, 1.82) is 0 Å². The summed E-state index contributed by atoms with van der Waals surface area (Å²) >= 11 is 1.28. The molecule has 0 bridgehead atoms. The molecule has 4 aromatic carbocycles. The highest BCUT2D eigenvalue weighted by atomic mass is 32.2. The zero-order valence-electron chi connectivity index (χ0n) is 24.3. The van der Waals surface area contributed by atoms with E-state index >= 15 is 0 Å². The van der Waals surface area contributed by atoms with Crippen LogP contribution in [0.5, 0.6) is 0 Å². The van der Waals surface area contributed by atoms with Gasteiger partial charge >= 0.3 is 0 Å². The molecule has 0 amide bonds. The maximum Gasteiger partial charge on any atom is 0.180 e. The van der Waals surface area contributed by atoms with E-state index in [1.54, 1.807) is 0 Å². The van der Waals surface area contributed by atoms with Crippen molar-refractivity contribution in [2.75, 3.05) is 12.9 Å². The minimum Gasteiger partial charge on any atom is -0.383 e. The second-order valence-corrected chi connectivity index (χ2v) is 11.6. The summed E-state index contributed by atoms with van der Waals surface area (Å²) in [6, 6.07) is 39.0. The van der Waals surface area contributed by atoms with Crippen molar-refractivity contribution in [2.45, 2.75) is 55.6 Å². The molecule has 0 unspecified atom stereocenters. The zero-order valence-corrected chi connectivity index (χ0v) is 25.1. The largest absolute Gasteiger partial charge is 0.383 e. The first-order valence-corrected chi connectivity index (χ1v) is 15.7. The van der Waals surface area contributed by atoms with Gasteiger partial charge in [0.2, 0.25) is 0 Å². The normalized spacial score (nSPS) is 23.7. The fraction of sp³-hybridized carbons (Fsp3) is 0.306. The predicted molar refractivity (Wildman–Crippen MR) is 168 cm³/mol. The third-order valence-electron chi connectivity index (χ3n) is 7.59. The number of ether oxygens (including phenoxy) is 4. The Morgan fingerprint density at radius 2 is 1.05 bits per heavy atom. The molecule has 1 saturated carbocycles. The number of hydrogen-bond acceptors (Lipinski definition) is 7. The number of ketones is 1. The van der Waals surface area contributed by atoms with Crippen molar-refractivity contribution in [1.82, 2.24) is 0 Å². The Kier molecular flexibility index (Phi) is 11.2. The lowest BCUT2D eigenvalue weighted by molar-refractivity contribution is -0.238. The van der Waals surface area contributed by atoms with E-state index in [1.165, 1.54) is 11.8 Å². The summed E-state index contributed by atoms with van der Waals surface area (Å²) in [6.45, 7) is 0.832. The molecular weight excluding hydrogens is 560 g/mol. The van der Waals surface area contributed by atoms with E-state index in [2.05, 4.69) is 0 Å². The fourth-order valence-corrected chi connectivity index (χ4v) is 6.39. The zero-order chi connectivity index (χ0) is 29.9. The van der Waals surface area contributed by atoms with Crippen LogP contribution in [0.4, 0.5) is 0 Å². The smallest absolute Gasteiger partial charge is 0.180 e. The number of hydrogen-bond donors (Lipinski definition) is 1.